The third kappa shape index (κ3) is 3.12. The van der Waals surface area contributed by atoms with Crippen LogP contribution in [-0.4, -0.2) is 67.7 Å². The molecule has 1 fully saturated rings. The molecular formula is C10H12Cl2N2O6. The van der Waals surface area contributed by atoms with Gasteiger partial charge in [0.1, 0.15) is 29.6 Å². The van der Waals surface area contributed by atoms with Gasteiger partial charge in [0.05, 0.1) is 12.8 Å². The molecule has 4 N–H and O–H groups in total. The summed E-state index contributed by atoms with van der Waals surface area (Å²) in [6.45, 7) is -0.565. The largest absolute Gasteiger partial charge is 0.443 e. The van der Waals surface area contributed by atoms with E-state index in [0.29, 0.717) is 0 Å². The molecule has 0 unspecified atom stereocenters. The van der Waals surface area contributed by atoms with Gasteiger partial charge in [-0.1, -0.05) is 23.2 Å². The van der Waals surface area contributed by atoms with Gasteiger partial charge < -0.3 is 29.9 Å². The molecule has 0 amide bonds. The lowest BCUT2D eigenvalue weighted by molar-refractivity contribution is -0.278. The van der Waals surface area contributed by atoms with Gasteiger partial charge in [0.25, 0.3) is 5.88 Å². The van der Waals surface area contributed by atoms with Crippen LogP contribution in [0.25, 0.3) is 0 Å². The summed E-state index contributed by atoms with van der Waals surface area (Å²) >= 11 is 11.3. The van der Waals surface area contributed by atoms with Crippen LogP contribution in [0.4, 0.5) is 0 Å². The van der Waals surface area contributed by atoms with Crippen LogP contribution in [0.3, 0.4) is 0 Å². The predicted octanol–water partition coefficient (Wildman–Crippen LogP) is -1.04. The maximum absolute atomic E-state index is 9.77. The van der Waals surface area contributed by atoms with Gasteiger partial charge in [-0.25, -0.2) is 9.97 Å². The molecule has 0 radical (unpaired) electrons. The minimum absolute atomic E-state index is 0.0520. The van der Waals surface area contributed by atoms with Gasteiger partial charge in [-0.3, -0.25) is 0 Å². The Hall–Kier alpha value is -0.740. The van der Waals surface area contributed by atoms with E-state index < -0.39 is 37.3 Å². The van der Waals surface area contributed by atoms with Crippen LogP contribution in [-0.2, 0) is 4.74 Å². The molecule has 0 spiro atoms. The van der Waals surface area contributed by atoms with E-state index in [0.717, 1.165) is 0 Å². The summed E-state index contributed by atoms with van der Waals surface area (Å²) in [7, 11) is 0. The zero-order valence-corrected chi connectivity index (χ0v) is 11.4. The van der Waals surface area contributed by atoms with Crippen molar-refractivity contribution in [3.63, 3.8) is 0 Å². The highest BCUT2D eigenvalue weighted by atomic mass is 35.5. The first kappa shape index (κ1) is 15.6. The number of rotatable bonds is 3. The highest BCUT2D eigenvalue weighted by molar-refractivity contribution is 6.32. The summed E-state index contributed by atoms with van der Waals surface area (Å²) in [5, 5.41) is 37.9. The van der Waals surface area contributed by atoms with Gasteiger partial charge in [0.15, 0.2) is 5.15 Å². The van der Waals surface area contributed by atoms with Crippen LogP contribution in [0.1, 0.15) is 0 Å². The van der Waals surface area contributed by atoms with Crippen molar-refractivity contribution >= 4 is 23.2 Å². The maximum atomic E-state index is 9.77. The molecule has 8 nitrogen and oxygen atoms in total. The molecule has 0 bridgehead atoms. The van der Waals surface area contributed by atoms with Gasteiger partial charge in [-0.15, -0.1) is 0 Å². The van der Waals surface area contributed by atoms with Crippen molar-refractivity contribution in [2.24, 2.45) is 0 Å². The molecule has 0 saturated carbocycles. The van der Waals surface area contributed by atoms with Crippen molar-refractivity contribution in [2.75, 3.05) is 6.61 Å². The highest BCUT2D eigenvalue weighted by Crippen LogP contribution is 2.27. The average molecular weight is 327 g/mol. The summed E-state index contributed by atoms with van der Waals surface area (Å²) in [5.74, 6) is -0.166. The van der Waals surface area contributed by atoms with Crippen molar-refractivity contribution < 1.29 is 29.9 Å². The van der Waals surface area contributed by atoms with E-state index in [-0.39, 0.29) is 16.2 Å². The van der Waals surface area contributed by atoms with Crippen LogP contribution in [0.2, 0.25) is 10.3 Å². The Balaban J connectivity index is 2.15. The number of nitrogens with zero attached hydrogens (tertiary/aromatic N) is 2. The SMILES string of the molecule is OC[C@H]1O[C@H](Oc2ncc(Cl)nc2Cl)[C@H](O)[C@@H](O)[C@@H]1O. The van der Waals surface area contributed by atoms with Crippen molar-refractivity contribution in [3.8, 4) is 5.88 Å². The van der Waals surface area contributed by atoms with Crippen LogP contribution in [0.15, 0.2) is 6.20 Å². The maximum Gasteiger partial charge on any atom is 0.254 e. The fourth-order valence-corrected chi connectivity index (χ4v) is 2.05. The summed E-state index contributed by atoms with van der Waals surface area (Å²) in [6, 6.07) is 0. The topological polar surface area (TPSA) is 125 Å². The van der Waals surface area contributed by atoms with E-state index in [9.17, 15) is 15.3 Å². The first-order chi connectivity index (χ1) is 9.43. The Kier molecular flexibility index (Phi) is 4.97. The summed E-state index contributed by atoms with van der Waals surface area (Å²) < 4.78 is 10.3. The van der Waals surface area contributed by atoms with E-state index in [1.165, 1.54) is 6.20 Å². The molecule has 1 aromatic rings. The normalized spacial score (nSPS) is 34.0. The number of hydrogen-bond acceptors (Lipinski definition) is 8. The highest BCUT2D eigenvalue weighted by Gasteiger charge is 2.45. The molecule has 112 valence electrons. The number of aliphatic hydroxyl groups excluding tert-OH is 4. The van der Waals surface area contributed by atoms with Gasteiger partial charge in [-0.2, -0.15) is 0 Å². The second-order valence-corrected chi connectivity index (χ2v) is 4.85. The molecule has 0 aliphatic carbocycles. The molecule has 1 saturated heterocycles. The molecule has 1 aliphatic heterocycles. The van der Waals surface area contributed by atoms with E-state index in [2.05, 4.69) is 9.97 Å². The van der Waals surface area contributed by atoms with Crippen LogP contribution < -0.4 is 4.74 Å². The van der Waals surface area contributed by atoms with Crippen molar-refractivity contribution in [3.05, 3.63) is 16.5 Å². The average Bonchev–Trinajstić information content (AvgIpc) is 2.42. The lowest BCUT2D eigenvalue weighted by Gasteiger charge is -2.39. The molecule has 10 heteroatoms. The monoisotopic (exact) mass is 326 g/mol. The van der Waals surface area contributed by atoms with E-state index in [4.69, 9.17) is 37.8 Å². The Bertz CT molecular complexity index is 477. The van der Waals surface area contributed by atoms with Gasteiger partial charge >= 0.3 is 0 Å². The van der Waals surface area contributed by atoms with Crippen molar-refractivity contribution in [2.45, 2.75) is 30.7 Å². The minimum Gasteiger partial charge on any atom is -0.443 e. The standard InChI is InChI=1S/C10H12Cl2N2O6/c11-4-1-13-9(8(12)14-4)20-10-7(18)6(17)5(16)3(2-15)19-10/h1,3,5-7,10,15-18H,2H2/t3-,5-,6+,7-,10-/m1/s1. The van der Waals surface area contributed by atoms with E-state index >= 15 is 0 Å². The second-order valence-electron chi connectivity index (χ2n) is 4.10. The molecule has 5 atom stereocenters. The van der Waals surface area contributed by atoms with E-state index in [1.807, 2.05) is 0 Å². The number of aromatic nitrogens is 2. The third-order valence-corrected chi connectivity index (χ3v) is 3.17. The Morgan fingerprint density at radius 1 is 1.20 bits per heavy atom. The fourth-order valence-electron chi connectivity index (χ4n) is 1.69. The Morgan fingerprint density at radius 3 is 2.50 bits per heavy atom. The van der Waals surface area contributed by atoms with Gasteiger partial charge in [0, 0.05) is 0 Å². The minimum atomic E-state index is -1.55. The summed E-state index contributed by atoms with van der Waals surface area (Å²) in [4.78, 5) is 7.44. The van der Waals surface area contributed by atoms with Gasteiger partial charge in [-0.05, 0) is 0 Å². The molecule has 2 rings (SSSR count). The zero-order valence-electron chi connectivity index (χ0n) is 9.93. The lowest BCUT2D eigenvalue weighted by atomic mass is 9.99. The summed E-state index contributed by atoms with van der Waals surface area (Å²) in [6.07, 6.45) is -5.86. The number of ether oxygens (including phenoxy) is 2. The van der Waals surface area contributed by atoms with Crippen LogP contribution >= 0.6 is 23.2 Å². The number of halogens is 2. The smallest absolute Gasteiger partial charge is 0.254 e. The van der Waals surface area contributed by atoms with Gasteiger partial charge in [0.2, 0.25) is 6.29 Å². The van der Waals surface area contributed by atoms with Crippen molar-refractivity contribution in [1.29, 1.82) is 0 Å². The Labute approximate surface area is 123 Å². The molecule has 20 heavy (non-hydrogen) atoms. The predicted molar refractivity (Wildman–Crippen MR) is 66.4 cm³/mol. The Morgan fingerprint density at radius 2 is 1.90 bits per heavy atom. The third-order valence-electron chi connectivity index (χ3n) is 2.75. The van der Waals surface area contributed by atoms with Crippen molar-refractivity contribution in [1.82, 2.24) is 9.97 Å². The second kappa shape index (κ2) is 6.35. The van der Waals surface area contributed by atoms with E-state index in [1.54, 1.807) is 0 Å². The zero-order chi connectivity index (χ0) is 14.9. The summed E-state index contributed by atoms with van der Waals surface area (Å²) in [5.41, 5.74) is 0. The first-order valence-corrected chi connectivity index (χ1v) is 6.35. The molecular weight excluding hydrogens is 315 g/mol. The fraction of sp³-hybridized carbons (Fsp3) is 0.600. The van der Waals surface area contributed by atoms with Crippen LogP contribution in [0, 0.1) is 0 Å². The number of aliphatic hydroxyl groups is 4. The molecule has 1 aliphatic rings. The molecule has 1 aromatic heterocycles. The quantitative estimate of drug-likeness (QED) is 0.555. The number of hydrogen-bond donors (Lipinski definition) is 4. The molecule has 2 heterocycles. The van der Waals surface area contributed by atoms with Crippen LogP contribution in [0.5, 0.6) is 5.88 Å². The molecule has 0 aromatic carbocycles. The lowest BCUT2D eigenvalue weighted by Crippen LogP contribution is -2.60. The first-order valence-electron chi connectivity index (χ1n) is 5.59.